The van der Waals surface area contributed by atoms with Gasteiger partial charge in [-0.25, -0.2) is 4.68 Å². The summed E-state index contributed by atoms with van der Waals surface area (Å²) in [5.74, 6) is -0.751. The summed E-state index contributed by atoms with van der Waals surface area (Å²) in [6.07, 6.45) is -0.496. The average Bonchev–Trinajstić information content (AvgIpc) is 3.45. The van der Waals surface area contributed by atoms with Gasteiger partial charge in [0.25, 0.3) is 0 Å². The fourth-order valence-corrected chi connectivity index (χ4v) is 4.36. The van der Waals surface area contributed by atoms with E-state index < -0.39 is 43.2 Å². The molecule has 0 saturated carbocycles. The number of ether oxygens (including phenoxy) is 3. The lowest BCUT2D eigenvalue weighted by molar-refractivity contribution is -0.281. The predicted octanol–water partition coefficient (Wildman–Crippen LogP) is 1.01. The topological polar surface area (TPSA) is 201 Å². The molecule has 1 saturated heterocycles. The zero-order valence-corrected chi connectivity index (χ0v) is 23.9. The van der Waals surface area contributed by atoms with Crippen molar-refractivity contribution in [3.05, 3.63) is 36.0 Å². The molecule has 238 valence electrons. The van der Waals surface area contributed by atoms with Crippen molar-refractivity contribution >= 4 is 11.8 Å². The van der Waals surface area contributed by atoms with E-state index in [-0.39, 0.29) is 39.2 Å². The molecule has 0 bridgehead atoms. The van der Waals surface area contributed by atoms with Crippen LogP contribution in [0, 0.1) is 11.3 Å². The Bertz CT molecular complexity index is 1190. The Balaban J connectivity index is 0.00000645. The van der Waals surface area contributed by atoms with Crippen molar-refractivity contribution in [1.29, 1.82) is 5.26 Å². The molecular weight excluding hydrogens is 560 g/mol. The molecule has 14 heteroatoms. The molecule has 1 fully saturated rings. The Labute approximate surface area is 251 Å². The molecule has 1 aromatic carbocycles. The summed E-state index contributed by atoms with van der Waals surface area (Å²) in [6.45, 7) is 3.98. The highest BCUT2D eigenvalue weighted by Crippen LogP contribution is 2.32. The van der Waals surface area contributed by atoms with Gasteiger partial charge < -0.3 is 40.2 Å². The average molecular weight is 605 g/mol. The molecule has 2 aromatic rings. The number of rotatable bonds is 16. The van der Waals surface area contributed by atoms with Gasteiger partial charge in [0, 0.05) is 18.7 Å². The van der Waals surface area contributed by atoms with Crippen molar-refractivity contribution < 1.29 is 39.1 Å². The molecule has 0 aliphatic carbocycles. The van der Waals surface area contributed by atoms with E-state index in [1.165, 1.54) is 4.68 Å². The smallest absolute Gasteiger partial charge is 0.231 e. The van der Waals surface area contributed by atoms with E-state index in [4.69, 9.17) is 14.2 Å². The van der Waals surface area contributed by atoms with Crippen LogP contribution in [0.15, 0.2) is 30.5 Å². The molecule has 14 nitrogen and oxygen atoms in total. The molecule has 5 atom stereocenters. The highest BCUT2D eigenvalue weighted by atomic mass is 16.7. The minimum Gasteiger partial charge on any atom is -0.394 e. The molecule has 43 heavy (non-hydrogen) atoms. The molecule has 1 aliphatic rings. The number of hydrogen-bond acceptors (Lipinski definition) is 11. The van der Waals surface area contributed by atoms with E-state index in [1.807, 2.05) is 13.8 Å². The van der Waals surface area contributed by atoms with Gasteiger partial charge in [0.15, 0.2) is 6.29 Å². The zero-order valence-electron chi connectivity index (χ0n) is 23.9. The number of carbonyl (C=O) groups excluding carboxylic acids is 2. The SMILES string of the molecule is C.CC(C)OCNC(=O)CC(=O)NCCCCCCOC1OC(CO)C(O)C(O)C1n1cc(-c2cccc(C#N)c2)nn1. The number of nitriles is 1. The lowest BCUT2D eigenvalue weighted by Crippen LogP contribution is -2.56. The summed E-state index contributed by atoms with van der Waals surface area (Å²) >= 11 is 0. The number of hydrogen-bond donors (Lipinski definition) is 5. The van der Waals surface area contributed by atoms with Gasteiger partial charge in [0.05, 0.1) is 30.5 Å². The predicted molar refractivity (Wildman–Crippen MR) is 155 cm³/mol. The number of aliphatic hydroxyl groups excluding tert-OH is 3. The standard InChI is InChI=1S/C28H40N6O8.CH4/c1-18(2)41-17-31-24(37)13-23(36)30-10-5-3-4-6-11-40-28-25(27(39)26(38)22(16-35)42-28)34-15-21(32-33-34)20-9-7-8-19(12-20)14-29;/h7-9,12,15,18,22,25-28,35,38-39H,3-6,10-11,13,16-17H2,1-2H3,(H,30,36)(H,31,37);1H4. The number of aliphatic hydroxyl groups is 3. The van der Waals surface area contributed by atoms with Crippen LogP contribution in [-0.4, -0.2) is 99.3 Å². The first-order chi connectivity index (χ1) is 20.2. The first kappa shape index (κ1) is 35.7. The fraction of sp³-hybridized carbons (Fsp3) is 0.621. The van der Waals surface area contributed by atoms with Crippen molar-refractivity contribution in [3.63, 3.8) is 0 Å². The summed E-state index contributed by atoms with van der Waals surface area (Å²) in [6, 6.07) is 7.98. The molecule has 2 amide bonds. The first-order valence-electron chi connectivity index (χ1n) is 14.0. The van der Waals surface area contributed by atoms with Crippen LogP contribution in [0.5, 0.6) is 0 Å². The van der Waals surface area contributed by atoms with Crippen LogP contribution in [0.4, 0.5) is 0 Å². The van der Waals surface area contributed by atoms with Gasteiger partial charge in [-0.15, -0.1) is 5.10 Å². The van der Waals surface area contributed by atoms with Crippen LogP contribution in [0.25, 0.3) is 11.3 Å². The fourth-order valence-electron chi connectivity index (χ4n) is 4.36. The van der Waals surface area contributed by atoms with Gasteiger partial charge in [0.1, 0.15) is 43.2 Å². The van der Waals surface area contributed by atoms with Crippen molar-refractivity contribution in [1.82, 2.24) is 25.6 Å². The number of amides is 2. The van der Waals surface area contributed by atoms with E-state index in [0.29, 0.717) is 29.8 Å². The number of nitrogens with zero attached hydrogens (tertiary/aromatic N) is 4. The maximum atomic E-state index is 11.9. The summed E-state index contributed by atoms with van der Waals surface area (Å²) in [4.78, 5) is 23.6. The minimum absolute atomic E-state index is 0. The van der Waals surface area contributed by atoms with Crippen LogP contribution >= 0.6 is 0 Å². The van der Waals surface area contributed by atoms with Crippen LogP contribution < -0.4 is 10.6 Å². The highest BCUT2D eigenvalue weighted by molar-refractivity contribution is 5.96. The lowest BCUT2D eigenvalue weighted by atomic mass is 9.97. The largest absolute Gasteiger partial charge is 0.394 e. The normalized spacial score (nSPS) is 21.6. The highest BCUT2D eigenvalue weighted by Gasteiger charge is 2.46. The van der Waals surface area contributed by atoms with E-state index in [2.05, 4.69) is 27.0 Å². The molecule has 1 aromatic heterocycles. The van der Waals surface area contributed by atoms with E-state index in [1.54, 1.807) is 30.5 Å². The van der Waals surface area contributed by atoms with Crippen LogP contribution in [0.3, 0.4) is 0 Å². The molecule has 0 spiro atoms. The van der Waals surface area contributed by atoms with E-state index in [9.17, 15) is 30.2 Å². The number of nitrogens with one attached hydrogen (secondary N) is 2. The molecular formula is C29H44N6O8. The maximum Gasteiger partial charge on any atom is 0.231 e. The van der Waals surface area contributed by atoms with Crippen molar-refractivity contribution in [2.24, 2.45) is 0 Å². The molecule has 2 heterocycles. The van der Waals surface area contributed by atoms with Gasteiger partial charge in [-0.3, -0.25) is 9.59 Å². The van der Waals surface area contributed by atoms with Gasteiger partial charge in [-0.05, 0) is 38.8 Å². The Kier molecular flexibility index (Phi) is 15.2. The molecule has 3 rings (SSSR count). The Morgan fingerprint density at radius 3 is 2.60 bits per heavy atom. The van der Waals surface area contributed by atoms with Crippen LogP contribution in [-0.2, 0) is 23.8 Å². The van der Waals surface area contributed by atoms with Crippen LogP contribution in [0.1, 0.15) is 65.0 Å². The van der Waals surface area contributed by atoms with Crippen LogP contribution in [0.2, 0.25) is 0 Å². The molecule has 5 unspecified atom stereocenters. The number of carbonyl (C=O) groups is 2. The van der Waals surface area contributed by atoms with E-state index >= 15 is 0 Å². The number of benzene rings is 1. The molecule has 5 N–H and O–H groups in total. The zero-order chi connectivity index (χ0) is 30.5. The van der Waals surface area contributed by atoms with E-state index in [0.717, 1.165) is 19.3 Å². The third-order valence-corrected chi connectivity index (χ3v) is 6.63. The van der Waals surface area contributed by atoms with Gasteiger partial charge in [-0.2, -0.15) is 5.26 Å². The maximum absolute atomic E-state index is 11.9. The summed E-state index contributed by atoms with van der Waals surface area (Å²) in [7, 11) is 0. The van der Waals surface area contributed by atoms with Crippen molar-refractivity contribution in [2.45, 2.75) is 90.1 Å². The second kappa shape index (κ2) is 18.3. The summed E-state index contributed by atoms with van der Waals surface area (Å²) in [5.41, 5.74) is 1.58. The monoisotopic (exact) mass is 604 g/mol. The van der Waals surface area contributed by atoms with Gasteiger partial charge in [-0.1, -0.05) is 37.6 Å². The second-order valence-electron chi connectivity index (χ2n) is 10.2. The Morgan fingerprint density at radius 1 is 1.14 bits per heavy atom. The van der Waals surface area contributed by atoms with Crippen molar-refractivity contribution in [3.8, 4) is 17.3 Å². The number of unbranched alkanes of at least 4 members (excludes halogenated alkanes) is 3. The molecule has 1 aliphatic heterocycles. The Hall–Kier alpha value is -3.45. The second-order valence-corrected chi connectivity index (χ2v) is 10.2. The number of aromatic nitrogens is 3. The summed E-state index contributed by atoms with van der Waals surface area (Å²) < 4.78 is 18.3. The summed E-state index contributed by atoms with van der Waals surface area (Å²) in [5, 5.41) is 53.6. The molecule has 0 radical (unpaired) electrons. The third-order valence-electron chi connectivity index (χ3n) is 6.63. The lowest BCUT2D eigenvalue weighted by Gasteiger charge is -2.41. The van der Waals surface area contributed by atoms with Crippen molar-refractivity contribution in [2.75, 3.05) is 26.5 Å². The van der Waals surface area contributed by atoms with Gasteiger partial charge in [0.2, 0.25) is 11.8 Å². The third kappa shape index (κ3) is 11.0. The Morgan fingerprint density at radius 2 is 1.88 bits per heavy atom. The minimum atomic E-state index is -1.37. The van der Waals surface area contributed by atoms with Gasteiger partial charge >= 0.3 is 0 Å². The first-order valence-corrected chi connectivity index (χ1v) is 14.0. The quantitative estimate of drug-likeness (QED) is 0.104.